The number of amides is 1. The Hall–Kier alpha value is -3.73. The average Bonchev–Trinajstić information content (AvgIpc) is 3.64. The van der Waals surface area contributed by atoms with Crippen molar-refractivity contribution in [3.05, 3.63) is 94.4 Å². The van der Waals surface area contributed by atoms with E-state index in [-0.39, 0.29) is 16.5 Å². The van der Waals surface area contributed by atoms with Gasteiger partial charge >= 0.3 is 0 Å². The Morgan fingerprint density at radius 2 is 1.82 bits per heavy atom. The van der Waals surface area contributed by atoms with Crippen LogP contribution in [0.15, 0.2) is 71.6 Å². The number of aromatic amines is 1. The van der Waals surface area contributed by atoms with E-state index >= 15 is 0 Å². The molecule has 1 amide bonds. The van der Waals surface area contributed by atoms with E-state index in [1.54, 1.807) is 35.0 Å². The van der Waals surface area contributed by atoms with Gasteiger partial charge in [0, 0.05) is 23.4 Å². The van der Waals surface area contributed by atoms with Crippen LogP contribution in [-0.2, 0) is 16.3 Å². The molecule has 2 N–H and O–H groups in total. The van der Waals surface area contributed by atoms with E-state index in [9.17, 15) is 13.2 Å². The maximum absolute atomic E-state index is 13.1. The van der Waals surface area contributed by atoms with Crippen molar-refractivity contribution < 1.29 is 13.2 Å². The van der Waals surface area contributed by atoms with Gasteiger partial charge in [0.25, 0.3) is 5.91 Å². The van der Waals surface area contributed by atoms with Crippen molar-refractivity contribution in [1.29, 1.82) is 0 Å². The first kappa shape index (κ1) is 26.9. The molecule has 11 heteroatoms. The largest absolute Gasteiger partial charge is 0.350 e. The molecule has 0 spiro atoms. The molecule has 3 heterocycles. The third-order valence-corrected chi connectivity index (χ3v) is 8.96. The monoisotopic (exact) mass is 579 g/mol. The highest BCUT2D eigenvalue weighted by atomic mass is 35.5. The van der Waals surface area contributed by atoms with E-state index in [2.05, 4.69) is 20.6 Å². The van der Waals surface area contributed by atoms with Crippen molar-refractivity contribution in [3.63, 3.8) is 0 Å². The number of rotatable bonds is 8. The molecule has 0 radical (unpaired) electrons. The minimum atomic E-state index is -3.33. The van der Waals surface area contributed by atoms with Crippen LogP contribution in [0.2, 0.25) is 5.02 Å². The van der Waals surface area contributed by atoms with Crippen LogP contribution in [-0.4, -0.2) is 47.1 Å². The van der Waals surface area contributed by atoms with E-state index in [1.807, 2.05) is 50.2 Å². The molecular formula is C28H26ClN5O3S2. The molecule has 5 aromatic rings. The highest BCUT2D eigenvalue weighted by Gasteiger charge is 2.20. The smallest absolute Gasteiger partial charge is 0.271 e. The van der Waals surface area contributed by atoms with Crippen LogP contribution in [0.1, 0.15) is 27.4 Å². The van der Waals surface area contributed by atoms with Gasteiger partial charge in [0.05, 0.1) is 31.9 Å². The molecule has 3 aromatic heterocycles. The summed E-state index contributed by atoms with van der Waals surface area (Å²) in [6.45, 7) is 4.33. The van der Waals surface area contributed by atoms with Gasteiger partial charge in [0.15, 0.2) is 15.5 Å². The molecule has 2 aromatic carbocycles. The summed E-state index contributed by atoms with van der Waals surface area (Å²) in [5.41, 5.74) is 5.39. The van der Waals surface area contributed by atoms with Crippen LogP contribution >= 0.6 is 22.9 Å². The topological polar surface area (TPSA) is 110 Å². The molecule has 8 nitrogen and oxygen atoms in total. The van der Waals surface area contributed by atoms with Gasteiger partial charge in [-0.3, -0.25) is 9.89 Å². The minimum absolute atomic E-state index is 0.260. The number of nitrogens with one attached hydrogen (secondary N) is 2. The van der Waals surface area contributed by atoms with Gasteiger partial charge in [-0.2, -0.15) is 10.2 Å². The average molecular weight is 580 g/mol. The summed E-state index contributed by atoms with van der Waals surface area (Å²) in [4.78, 5) is 15.1. The SMILES string of the molecule is Cc1n[nH]c(C)c1CCNC(=O)c1cc(-c2ccc(-c3cccc(S(C)(=O)=O)c3)s2)n(-c2ccccc2Cl)n1. The predicted molar refractivity (Wildman–Crippen MR) is 155 cm³/mol. The van der Waals surface area contributed by atoms with Gasteiger partial charge in [-0.25, -0.2) is 13.1 Å². The molecule has 0 unspecified atom stereocenters. The number of thiophene rings is 1. The number of carbonyl (C=O) groups is 1. The predicted octanol–water partition coefficient (Wildman–Crippen LogP) is 5.64. The van der Waals surface area contributed by atoms with E-state index in [0.717, 1.165) is 32.3 Å². The summed E-state index contributed by atoms with van der Waals surface area (Å²) in [6, 6.07) is 19.8. The molecule has 0 atom stereocenters. The molecule has 0 bridgehead atoms. The number of aromatic nitrogens is 4. The number of hydrogen-bond acceptors (Lipinski definition) is 6. The minimum Gasteiger partial charge on any atom is -0.350 e. The molecule has 5 rings (SSSR count). The highest BCUT2D eigenvalue weighted by Crippen LogP contribution is 2.37. The maximum atomic E-state index is 13.1. The zero-order valence-electron chi connectivity index (χ0n) is 21.5. The second-order valence-electron chi connectivity index (χ2n) is 9.16. The van der Waals surface area contributed by atoms with Crippen molar-refractivity contribution in [2.24, 2.45) is 0 Å². The summed E-state index contributed by atoms with van der Waals surface area (Å²) >= 11 is 7.99. The lowest BCUT2D eigenvalue weighted by Crippen LogP contribution is -2.26. The molecule has 200 valence electrons. The first-order valence-electron chi connectivity index (χ1n) is 12.2. The van der Waals surface area contributed by atoms with Gasteiger partial charge in [0.2, 0.25) is 0 Å². The number of hydrogen-bond donors (Lipinski definition) is 2. The maximum Gasteiger partial charge on any atom is 0.271 e. The number of carbonyl (C=O) groups excluding carboxylic acids is 1. The zero-order valence-corrected chi connectivity index (χ0v) is 23.9. The number of para-hydroxylation sites is 1. The molecule has 0 aliphatic heterocycles. The number of halogens is 1. The zero-order chi connectivity index (χ0) is 27.7. The van der Waals surface area contributed by atoms with Crippen molar-refractivity contribution in [3.8, 4) is 26.7 Å². The Kier molecular flexibility index (Phi) is 7.44. The van der Waals surface area contributed by atoms with E-state index in [0.29, 0.717) is 29.4 Å². The van der Waals surface area contributed by atoms with E-state index < -0.39 is 9.84 Å². The van der Waals surface area contributed by atoms with Gasteiger partial charge in [-0.1, -0.05) is 35.9 Å². The van der Waals surface area contributed by atoms with Crippen molar-refractivity contribution in [1.82, 2.24) is 25.3 Å². The summed E-state index contributed by atoms with van der Waals surface area (Å²) in [5, 5.41) is 15.3. The molecule has 0 fully saturated rings. The Balaban J connectivity index is 1.47. The summed E-state index contributed by atoms with van der Waals surface area (Å²) in [7, 11) is -3.33. The summed E-state index contributed by atoms with van der Waals surface area (Å²) < 4.78 is 25.8. The number of sulfone groups is 1. The molecule has 0 aliphatic rings. The number of aryl methyl sites for hydroxylation is 2. The van der Waals surface area contributed by atoms with Crippen LogP contribution in [0.3, 0.4) is 0 Å². The lowest BCUT2D eigenvalue weighted by atomic mass is 10.1. The lowest BCUT2D eigenvalue weighted by molar-refractivity contribution is 0.0948. The third-order valence-electron chi connectivity index (χ3n) is 6.37. The second-order valence-corrected chi connectivity index (χ2v) is 12.7. The number of nitrogens with zero attached hydrogens (tertiary/aromatic N) is 3. The van der Waals surface area contributed by atoms with Crippen LogP contribution in [0.4, 0.5) is 0 Å². The molecule has 39 heavy (non-hydrogen) atoms. The molecule has 0 saturated heterocycles. The Morgan fingerprint density at radius 3 is 2.54 bits per heavy atom. The van der Waals surface area contributed by atoms with Crippen molar-refractivity contribution in [2.75, 3.05) is 12.8 Å². The van der Waals surface area contributed by atoms with Crippen LogP contribution in [0.5, 0.6) is 0 Å². The number of H-pyrrole nitrogens is 1. The Morgan fingerprint density at radius 1 is 1.05 bits per heavy atom. The fourth-order valence-electron chi connectivity index (χ4n) is 4.32. The van der Waals surface area contributed by atoms with Gasteiger partial charge in [-0.05, 0) is 73.9 Å². The lowest BCUT2D eigenvalue weighted by Gasteiger charge is -2.08. The third kappa shape index (κ3) is 5.68. The van der Waals surface area contributed by atoms with Crippen molar-refractivity contribution in [2.45, 2.75) is 25.2 Å². The second kappa shape index (κ2) is 10.8. The van der Waals surface area contributed by atoms with E-state index in [4.69, 9.17) is 11.6 Å². The quantitative estimate of drug-likeness (QED) is 0.247. The normalized spacial score (nSPS) is 11.6. The molecule has 0 saturated carbocycles. The highest BCUT2D eigenvalue weighted by molar-refractivity contribution is 7.90. The summed E-state index contributed by atoms with van der Waals surface area (Å²) in [5.74, 6) is -0.293. The standard InChI is InChI=1S/C28H26ClN5O3S2/c1-17-21(18(2)32-31-17)13-14-30-28(35)23-16-25(34(33-23)24-10-5-4-9-22(24)29)27-12-11-26(38-27)19-7-6-8-20(15-19)39(3,36)37/h4-12,15-16H,13-14H2,1-3H3,(H,30,35)(H,31,32). The first-order chi connectivity index (χ1) is 18.6. The van der Waals surface area contributed by atoms with E-state index in [1.165, 1.54) is 17.6 Å². The van der Waals surface area contributed by atoms with Crippen LogP contribution in [0, 0.1) is 13.8 Å². The van der Waals surface area contributed by atoms with Gasteiger partial charge in [0.1, 0.15) is 0 Å². The molecular weight excluding hydrogens is 554 g/mol. The van der Waals surface area contributed by atoms with Gasteiger partial charge < -0.3 is 5.32 Å². The van der Waals surface area contributed by atoms with Crippen LogP contribution in [0.25, 0.3) is 26.7 Å². The fourth-order valence-corrected chi connectivity index (χ4v) is 6.21. The Bertz CT molecular complexity index is 1770. The molecule has 0 aliphatic carbocycles. The van der Waals surface area contributed by atoms with Gasteiger partial charge in [-0.15, -0.1) is 11.3 Å². The first-order valence-corrected chi connectivity index (χ1v) is 15.2. The summed E-state index contributed by atoms with van der Waals surface area (Å²) in [6.07, 6.45) is 1.84. The number of benzene rings is 2. The fraction of sp³-hybridized carbons (Fsp3) is 0.179. The van der Waals surface area contributed by atoms with Crippen molar-refractivity contribution >= 4 is 38.7 Å². The van der Waals surface area contributed by atoms with Crippen LogP contribution < -0.4 is 5.32 Å². The Labute approximate surface area is 235 Å².